The number of hydrogen-bond donors (Lipinski definition) is 1. The van der Waals surface area contributed by atoms with Gasteiger partial charge in [-0.05, 0) is 37.5 Å². The van der Waals surface area contributed by atoms with E-state index in [4.69, 9.17) is 0 Å². The van der Waals surface area contributed by atoms with Gasteiger partial charge in [-0.15, -0.1) is 0 Å². The van der Waals surface area contributed by atoms with E-state index in [0.29, 0.717) is 5.92 Å². The maximum Gasteiger partial charge on any atom is 0.276 e. The van der Waals surface area contributed by atoms with Crippen molar-refractivity contribution in [3.63, 3.8) is 0 Å². The molecule has 5 heteroatoms. The molecular weight excluding hydrogens is 296 g/mol. The first-order chi connectivity index (χ1) is 10.6. The Morgan fingerprint density at radius 2 is 1.68 bits per heavy atom. The fourth-order valence-electron chi connectivity index (χ4n) is 2.24. The molecule has 1 N–H and O–H groups in total. The molecule has 1 aliphatic rings. The van der Waals surface area contributed by atoms with Gasteiger partial charge in [0, 0.05) is 5.92 Å². The molecule has 0 aromatic heterocycles. The van der Waals surface area contributed by atoms with Gasteiger partial charge in [0.2, 0.25) is 0 Å². The minimum Gasteiger partial charge on any atom is -0.200 e. The minimum atomic E-state index is -3.62. The fourth-order valence-corrected chi connectivity index (χ4v) is 3.05. The minimum absolute atomic E-state index is 0.227. The molecule has 2 aromatic rings. The van der Waals surface area contributed by atoms with Crippen molar-refractivity contribution in [2.45, 2.75) is 24.7 Å². The van der Waals surface area contributed by atoms with Crippen LogP contribution in [0.2, 0.25) is 0 Å². The molecule has 114 valence electrons. The summed E-state index contributed by atoms with van der Waals surface area (Å²) in [6.45, 7) is 1.92. The Labute approximate surface area is 130 Å². The molecule has 0 heterocycles. The molecule has 0 bridgehead atoms. The standard InChI is InChI=1S/C17H18N2O2S/c1-13-7-11-16(12-8-13)22(20,21)19-18-17(15-9-10-15)14-5-3-2-4-6-14/h2-8,11-12,15,19H,9-10H2,1H3/b18-17+. The van der Waals surface area contributed by atoms with Crippen LogP contribution in [0.15, 0.2) is 64.6 Å². The van der Waals surface area contributed by atoms with Crippen LogP contribution in [0.25, 0.3) is 0 Å². The van der Waals surface area contributed by atoms with Gasteiger partial charge in [-0.3, -0.25) is 0 Å². The molecule has 0 aliphatic heterocycles. The van der Waals surface area contributed by atoms with Crippen LogP contribution in [-0.4, -0.2) is 14.1 Å². The van der Waals surface area contributed by atoms with Crippen LogP contribution in [0.5, 0.6) is 0 Å². The average Bonchev–Trinajstić information content (AvgIpc) is 3.34. The summed E-state index contributed by atoms with van der Waals surface area (Å²) in [5.74, 6) is 0.350. The number of hydrogen-bond acceptors (Lipinski definition) is 3. The zero-order valence-corrected chi connectivity index (χ0v) is 13.2. The number of hydrazone groups is 1. The third-order valence-corrected chi connectivity index (χ3v) is 4.88. The summed E-state index contributed by atoms with van der Waals surface area (Å²) in [7, 11) is -3.62. The zero-order valence-electron chi connectivity index (χ0n) is 12.4. The van der Waals surface area contributed by atoms with Crippen LogP contribution in [0, 0.1) is 12.8 Å². The van der Waals surface area contributed by atoms with E-state index in [0.717, 1.165) is 29.7 Å². The van der Waals surface area contributed by atoms with Gasteiger partial charge in [0.1, 0.15) is 0 Å². The van der Waals surface area contributed by atoms with Crippen LogP contribution in [-0.2, 0) is 10.0 Å². The molecule has 1 aliphatic carbocycles. The highest BCUT2D eigenvalue weighted by atomic mass is 32.2. The average molecular weight is 314 g/mol. The van der Waals surface area contributed by atoms with Crippen molar-refractivity contribution in [1.29, 1.82) is 0 Å². The molecule has 1 saturated carbocycles. The molecule has 0 amide bonds. The van der Waals surface area contributed by atoms with Crippen LogP contribution in [0.1, 0.15) is 24.0 Å². The Hall–Kier alpha value is -2.14. The van der Waals surface area contributed by atoms with Crippen LogP contribution < -0.4 is 4.83 Å². The fraction of sp³-hybridized carbons (Fsp3) is 0.235. The number of rotatable bonds is 5. The summed E-state index contributed by atoms with van der Waals surface area (Å²) < 4.78 is 24.6. The summed E-state index contributed by atoms with van der Waals surface area (Å²) in [5.41, 5.74) is 2.80. The molecule has 1 fully saturated rings. The summed E-state index contributed by atoms with van der Waals surface area (Å²) in [6, 6.07) is 16.4. The number of nitrogens with one attached hydrogen (secondary N) is 1. The van der Waals surface area contributed by atoms with Crippen molar-refractivity contribution in [2.24, 2.45) is 11.0 Å². The number of benzene rings is 2. The molecule has 22 heavy (non-hydrogen) atoms. The number of sulfonamides is 1. The predicted octanol–water partition coefficient (Wildman–Crippen LogP) is 3.09. The Bertz CT molecular complexity index is 777. The number of nitrogens with zero attached hydrogens (tertiary/aromatic N) is 1. The summed E-state index contributed by atoms with van der Waals surface area (Å²) in [5, 5.41) is 4.21. The highest BCUT2D eigenvalue weighted by Gasteiger charge is 2.29. The Kier molecular flexibility index (Phi) is 3.98. The molecule has 3 rings (SSSR count). The van der Waals surface area contributed by atoms with E-state index < -0.39 is 10.0 Å². The zero-order chi connectivity index (χ0) is 15.6. The van der Waals surface area contributed by atoms with Crippen molar-refractivity contribution in [2.75, 3.05) is 0 Å². The van der Waals surface area contributed by atoms with Gasteiger partial charge in [0.05, 0.1) is 10.6 Å². The second-order valence-electron chi connectivity index (χ2n) is 5.55. The van der Waals surface area contributed by atoms with E-state index in [1.807, 2.05) is 37.3 Å². The lowest BCUT2D eigenvalue weighted by molar-refractivity contribution is 0.584. The normalized spacial score (nSPS) is 15.6. The summed E-state index contributed by atoms with van der Waals surface area (Å²) in [6.07, 6.45) is 2.11. The first-order valence-electron chi connectivity index (χ1n) is 7.28. The molecular formula is C17H18N2O2S. The first kappa shape index (κ1) is 14.8. The maximum atomic E-state index is 12.3. The lowest BCUT2D eigenvalue weighted by Crippen LogP contribution is -2.21. The molecule has 0 unspecified atom stereocenters. The monoisotopic (exact) mass is 314 g/mol. The van der Waals surface area contributed by atoms with E-state index in [9.17, 15) is 8.42 Å². The molecule has 0 saturated heterocycles. The third-order valence-electron chi connectivity index (χ3n) is 3.65. The van der Waals surface area contributed by atoms with E-state index in [2.05, 4.69) is 9.93 Å². The van der Waals surface area contributed by atoms with E-state index in [1.54, 1.807) is 24.3 Å². The largest absolute Gasteiger partial charge is 0.276 e. The van der Waals surface area contributed by atoms with Gasteiger partial charge in [-0.1, -0.05) is 48.0 Å². The van der Waals surface area contributed by atoms with Gasteiger partial charge in [-0.2, -0.15) is 18.4 Å². The van der Waals surface area contributed by atoms with Crippen molar-refractivity contribution < 1.29 is 8.42 Å². The van der Waals surface area contributed by atoms with Gasteiger partial charge in [0.25, 0.3) is 10.0 Å². The first-order valence-corrected chi connectivity index (χ1v) is 8.76. The second kappa shape index (κ2) is 5.93. The Morgan fingerprint density at radius 1 is 1.05 bits per heavy atom. The number of aryl methyl sites for hydroxylation is 1. The van der Waals surface area contributed by atoms with Gasteiger partial charge >= 0.3 is 0 Å². The lowest BCUT2D eigenvalue weighted by atomic mass is 10.1. The molecule has 0 atom stereocenters. The van der Waals surface area contributed by atoms with Crippen LogP contribution in [0.3, 0.4) is 0 Å². The Balaban J connectivity index is 1.86. The van der Waals surface area contributed by atoms with Crippen LogP contribution >= 0.6 is 0 Å². The smallest absolute Gasteiger partial charge is 0.200 e. The third kappa shape index (κ3) is 3.36. The lowest BCUT2D eigenvalue weighted by Gasteiger charge is -2.08. The highest BCUT2D eigenvalue weighted by molar-refractivity contribution is 7.89. The van der Waals surface area contributed by atoms with Gasteiger partial charge in [-0.25, -0.2) is 0 Å². The molecule has 4 nitrogen and oxygen atoms in total. The van der Waals surface area contributed by atoms with Crippen molar-refractivity contribution in [3.05, 3.63) is 65.7 Å². The Morgan fingerprint density at radius 3 is 2.27 bits per heavy atom. The van der Waals surface area contributed by atoms with E-state index >= 15 is 0 Å². The van der Waals surface area contributed by atoms with Crippen molar-refractivity contribution >= 4 is 15.7 Å². The molecule has 0 radical (unpaired) electrons. The molecule has 0 spiro atoms. The van der Waals surface area contributed by atoms with Gasteiger partial charge < -0.3 is 0 Å². The van der Waals surface area contributed by atoms with Gasteiger partial charge in [0.15, 0.2) is 0 Å². The van der Waals surface area contributed by atoms with Crippen LogP contribution in [0.4, 0.5) is 0 Å². The quantitative estimate of drug-likeness (QED) is 0.681. The van der Waals surface area contributed by atoms with E-state index in [-0.39, 0.29) is 4.90 Å². The van der Waals surface area contributed by atoms with Crippen molar-refractivity contribution in [3.8, 4) is 0 Å². The topological polar surface area (TPSA) is 58.5 Å². The van der Waals surface area contributed by atoms with E-state index in [1.165, 1.54) is 0 Å². The maximum absolute atomic E-state index is 12.3. The highest BCUT2D eigenvalue weighted by Crippen LogP contribution is 2.33. The SMILES string of the molecule is Cc1ccc(S(=O)(=O)N/N=C(\c2ccccc2)C2CC2)cc1. The summed E-state index contributed by atoms with van der Waals surface area (Å²) in [4.78, 5) is 2.60. The second-order valence-corrected chi connectivity index (χ2v) is 7.21. The summed E-state index contributed by atoms with van der Waals surface area (Å²) >= 11 is 0. The predicted molar refractivity (Wildman–Crippen MR) is 87.2 cm³/mol. The van der Waals surface area contributed by atoms with Crippen molar-refractivity contribution in [1.82, 2.24) is 4.83 Å². The molecule has 2 aromatic carbocycles.